The van der Waals surface area contributed by atoms with Crippen LogP contribution in [0.25, 0.3) is 10.9 Å². The van der Waals surface area contributed by atoms with Crippen LogP contribution in [0.3, 0.4) is 0 Å². The maximum Gasteiger partial charge on any atom is 0.271 e. The normalized spacial score (nSPS) is 13.6. The Balaban J connectivity index is 1.60. The molecule has 2 amide bonds. The van der Waals surface area contributed by atoms with Crippen molar-refractivity contribution in [2.75, 3.05) is 7.05 Å². The van der Waals surface area contributed by atoms with Gasteiger partial charge in [0.1, 0.15) is 5.69 Å². The van der Waals surface area contributed by atoms with Gasteiger partial charge in [-0.25, -0.2) is 0 Å². The van der Waals surface area contributed by atoms with E-state index in [1.165, 1.54) is 0 Å². The highest BCUT2D eigenvalue weighted by Gasteiger charge is 2.34. The molecule has 4 rings (SSSR count). The van der Waals surface area contributed by atoms with E-state index >= 15 is 0 Å². The van der Waals surface area contributed by atoms with Crippen molar-refractivity contribution < 1.29 is 9.59 Å². The Kier molecular flexibility index (Phi) is 4.44. The molecule has 1 aromatic heterocycles. The number of rotatable bonds is 5. The second-order valence-electron chi connectivity index (χ2n) is 7.09. The molecule has 27 heavy (non-hydrogen) atoms. The number of benzene rings is 2. The van der Waals surface area contributed by atoms with E-state index in [1.54, 1.807) is 19.2 Å². The first kappa shape index (κ1) is 17.3. The van der Waals surface area contributed by atoms with Crippen LogP contribution in [0.4, 0.5) is 0 Å². The zero-order valence-corrected chi connectivity index (χ0v) is 15.6. The maximum atomic E-state index is 13.3. The Hall–Kier alpha value is -3.08. The quantitative estimate of drug-likeness (QED) is 0.758. The number of aromatic nitrogens is 1. The molecule has 0 saturated heterocycles. The molecule has 1 N–H and O–H groups in total. The summed E-state index contributed by atoms with van der Waals surface area (Å²) in [6, 6.07) is 17.8. The molecule has 5 nitrogen and oxygen atoms in total. The molecule has 138 valence electrons. The van der Waals surface area contributed by atoms with Gasteiger partial charge >= 0.3 is 0 Å². The Morgan fingerprint density at radius 3 is 2.44 bits per heavy atom. The van der Waals surface area contributed by atoms with Gasteiger partial charge < -0.3 is 14.8 Å². The average Bonchev–Trinajstić information content (AvgIpc) is 3.49. The molecule has 0 bridgehead atoms. The first-order valence-corrected chi connectivity index (χ1v) is 9.25. The van der Waals surface area contributed by atoms with Crippen LogP contribution >= 0.6 is 0 Å². The van der Waals surface area contributed by atoms with Gasteiger partial charge in [0, 0.05) is 43.1 Å². The van der Waals surface area contributed by atoms with Crippen LogP contribution in [-0.2, 0) is 13.6 Å². The van der Waals surface area contributed by atoms with E-state index in [9.17, 15) is 9.59 Å². The van der Waals surface area contributed by atoms with Crippen LogP contribution in [0.15, 0.2) is 54.6 Å². The minimum atomic E-state index is -0.104. The predicted molar refractivity (Wildman–Crippen MR) is 106 cm³/mol. The standard InChI is InChI=1S/C22H23N3O2/c1-23-21(26)16-9-7-15(8-10-16)14-25(18-11-12-18)22(27)20-13-17-5-3-4-6-19(17)24(20)2/h3-10,13,18H,11-12,14H2,1-2H3,(H,23,26). The van der Waals surface area contributed by atoms with Crippen molar-refractivity contribution in [3.8, 4) is 0 Å². The summed E-state index contributed by atoms with van der Waals surface area (Å²) in [5, 5.41) is 3.70. The topological polar surface area (TPSA) is 54.3 Å². The summed E-state index contributed by atoms with van der Waals surface area (Å²) >= 11 is 0. The summed E-state index contributed by atoms with van der Waals surface area (Å²) < 4.78 is 1.97. The molecule has 5 heteroatoms. The summed E-state index contributed by atoms with van der Waals surface area (Å²) in [7, 11) is 3.56. The molecule has 0 aliphatic heterocycles. The average molecular weight is 361 g/mol. The molecule has 1 fully saturated rings. The Morgan fingerprint density at radius 1 is 1.11 bits per heavy atom. The monoisotopic (exact) mass is 361 g/mol. The minimum Gasteiger partial charge on any atom is -0.355 e. The molecule has 0 radical (unpaired) electrons. The van der Waals surface area contributed by atoms with Gasteiger partial charge in [-0.05, 0) is 42.7 Å². The Morgan fingerprint density at radius 2 is 1.81 bits per heavy atom. The van der Waals surface area contributed by atoms with Crippen LogP contribution < -0.4 is 5.32 Å². The highest BCUT2D eigenvalue weighted by molar-refractivity contribution is 5.99. The number of fused-ring (bicyclic) bond motifs is 1. The molecule has 2 aromatic carbocycles. The molecule has 1 saturated carbocycles. The molecule has 0 spiro atoms. The predicted octanol–water partition coefficient (Wildman–Crippen LogP) is 3.34. The lowest BCUT2D eigenvalue weighted by Gasteiger charge is -2.23. The SMILES string of the molecule is CNC(=O)c1ccc(CN(C(=O)c2cc3ccccc3n2C)C2CC2)cc1. The lowest BCUT2D eigenvalue weighted by Crippen LogP contribution is -2.33. The summed E-state index contributed by atoms with van der Waals surface area (Å²) in [5.41, 5.74) is 3.43. The first-order chi connectivity index (χ1) is 13.1. The summed E-state index contributed by atoms with van der Waals surface area (Å²) in [5.74, 6) is -0.0428. The number of hydrogen-bond acceptors (Lipinski definition) is 2. The molecule has 1 heterocycles. The van der Waals surface area contributed by atoms with Gasteiger partial charge in [0.05, 0.1) is 0 Å². The number of para-hydroxylation sites is 1. The van der Waals surface area contributed by atoms with E-state index in [1.807, 2.05) is 59.0 Å². The van der Waals surface area contributed by atoms with Crippen LogP contribution in [0.1, 0.15) is 39.3 Å². The lowest BCUT2D eigenvalue weighted by molar-refractivity contribution is 0.0720. The van der Waals surface area contributed by atoms with Gasteiger partial charge in [-0.1, -0.05) is 30.3 Å². The number of carbonyl (C=O) groups excluding carboxylic acids is 2. The van der Waals surface area contributed by atoms with Crippen molar-refractivity contribution >= 4 is 22.7 Å². The first-order valence-electron chi connectivity index (χ1n) is 9.25. The van der Waals surface area contributed by atoms with Crippen LogP contribution in [0.2, 0.25) is 0 Å². The molecule has 3 aromatic rings. The van der Waals surface area contributed by atoms with Crippen molar-refractivity contribution in [3.63, 3.8) is 0 Å². The summed E-state index contributed by atoms with van der Waals surface area (Å²) in [4.78, 5) is 26.9. The largest absolute Gasteiger partial charge is 0.355 e. The fourth-order valence-electron chi connectivity index (χ4n) is 3.50. The van der Waals surface area contributed by atoms with E-state index < -0.39 is 0 Å². The number of amides is 2. The third-order valence-corrected chi connectivity index (χ3v) is 5.22. The van der Waals surface area contributed by atoms with Crippen molar-refractivity contribution in [2.45, 2.75) is 25.4 Å². The zero-order chi connectivity index (χ0) is 19.0. The fourth-order valence-corrected chi connectivity index (χ4v) is 3.50. The third-order valence-electron chi connectivity index (χ3n) is 5.22. The van der Waals surface area contributed by atoms with Gasteiger partial charge in [0.25, 0.3) is 11.8 Å². The van der Waals surface area contributed by atoms with Crippen molar-refractivity contribution in [2.24, 2.45) is 7.05 Å². The Bertz CT molecular complexity index is 1000. The summed E-state index contributed by atoms with van der Waals surface area (Å²) in [6.45, 7) is 0.555. The van der Waals surface area contributed by atoms with Gasteiger partial charge in [-0.3, -0.25) is 9.59 Å². The maximum absolute atomic E-state index is 13.3. The third kappa shape index (κ3) is 3.33. The van der Waals surface area contributed by atoms with E-state index in [0.29, 0.717) is 23.8 Å². The van der Waals surface area contributed by atoms with Crippen molar-refractivity contribution in [1.82, 2.24) is 14.8 Å². The van der Waals surface area contributed by atoms with Crippen LogP contribution in [0.5, 0.6) is 0 Å². The number of aryl methyl sites for hydroxylation is 1. The van der Waals surface area contributed by atoms with Crippen molar-refractivity contribution in [1.29, 1.82) is 0 Å². The summed E-state index contributed by atoms with van der Waals surface area (Å²) in [6.07, 6.45) is 2.10. The lowest BCUT2D eigenvalue weighted by atomic mass is 10.1. The number of carbonyl (C=O) groups is 2. The number of nitrogens with one attached hydrogen (secondary N) is 1. The van der Waals surface area contributed by atoms with E-state index in [2.05, 4.69) is 5.32 Å². The van der Waals surface area contributed by atoms with E-state index in [0.717, 1.165) is 29.3 Å². The molecule has 1 aliphatic carbocycles. The second-order valence-corrected chi connectivity index (χ2v) is 7.09. The van der Waals surface area contributed by atoms with Crippen molar-refractivity contribution in [3.05, 3.63) is 71.4 Å². The number of nitrogens with zero attached hydrogens (tertiary/aromatic N) is 2. The zero-order valence-electron chi connectivity index (χ0n) is 15.6. The molecule has 0 atom stereocenters. The van der Waals surface area contributed by atoms with E-state index in [4.69, 9.17) is 0 Å². The smallest absolute Gasteiger partial charge is 0.271 e. The van der Waals surface area contributed by atoms with Crippen LogP contribution in [-0.4, -0.2) is 34.4 Å². The fraction of sp³-hybridized carbons (Fsp3) is 0.273. The number of hydrogen-bond donors (Lipinski definition) is 1. The Labute approximate surface area is 158 Å². The second kappa shape index (κ2) is 6.91. The van der Waals surface area contributed by atoms with Gasteiger partial charge in [-0.2, -0.15) is 0 Å². The molecule has 0 unspecified atom stereocenters. The van der Waals surface area contributed by atoms with Gasteiger partial charge in [0.15, 0.2) is 0 Å². The molecule has 1 aliphatic rings. The molecular formula is C22H23N3O2. The molecular weight excluding hydrogens is 338 g/mol. The minimum absolute atomic E-state index is 0.0616. The highest BCUT2D eigenvalue weighted by atomic mass is 16.2. The van der Waals surface area contributed by atoms with Gasteiger partial charge in [-0.15, -0.1) is 0 Å². The highest BCUT2D eigenvalue weighted by Crippen LogP contribution is 2.31. The van der Waals surface area contributed by atoms with Crippen LogP contribution in [0, 0.1) is 0 Å². The van der Waals surface area contributed by atoms with Gasteiger partial charge in [0.2, 0.25) is 0 Å². The van der Waals surface area contributed by atoms with E-state index in [-0.39, 0.29) is 11.8 Å².